The van der Waals surface area contributed by atoms with Gasteiger partial charge in [-0.3, -0.25) is 4.39 Å². The van der Waals surface area contributed by atoms with E-state index in [2.05, 4.69) is 6.26 Å². The van der Waals surface area contributed by atoms with Gasteiger partial charge in [0.15, 0.2) is 0 Å². The standard InChI is InChI=1S/C6H13FS2/c1-8-5-6-9-4-2-3-7/h2-6H2,1H3. The molecule has 0 amide bonds. The minimum absolute atomic E-state index is 0.160. The first-order valence-electron chi connectivity index (χ1n) is 3.04. The van der Waals surface area contributed by atoms with E-state index in [9.17, 15) is 4.39 Å². The molecule has 0 aliphatic carbocycles. The molecule has 0 radical (unpaired) electrons. The summed E-state index contributed by atoms with van der Waals surface area (Å²) in [5.41, 5.74) is 0. The summed E-state index contributed by atoms with van der Waals surface area (Å²) < 4.78 is 11.5. The van der Waals surface area contributed by atoms with Crippen LogP contribution < -0.4 is 0 Å². The van der Waals surface area contributed by atoms with Crippen LogP contribution >= 0.6 is 23.5 Å². The molecule has 0 aromatic rings. The summed E-state index contributed by atoms with van der Waals surface area (Å²) in [6.07, 6.45) is 2.81. The van der Waals surface area contributed by atoms with Crippen LogP contribution in [0.1, 0.15) is 6.42 Å². The van der Waals surface area contributed by atoms with Crippen molar-refractivity contribution in [1.29, 1.82) is 0 Å². The fraction of sp³-hybridized carbons (Fsp3) is 1.00. The van der Waals surface area contributed by atoms with E-state index in [0.717, 1.165) is 12.2 Å². The molecule has 0 rings (SSSR count). The quantitative estimate of drug-likeness (QED) is 0.559. The number of halogens is 1. The van der Waals surface area contributed by atoms with E-state index in [1.165, 1.54) is 11.5 Å². The second-order valence-corrected chi connectivity index (χ2v) is 3.86. The largest absolute Gasteiger partial charge is 0.251 e. The zero-order chi connectivity index (χ0) is 6.95. The maximum absolute atomic E-state index is 11.5. The van der Waals surface area contributed by atoms with Gasteiger partial charge in [0.25, 0.3) is 0 Å². The van der Waals surface area contributed by atoms with E-state index in [0.29, 0.717) is 0 Å². The molecule has 0 aromatic heterocycles. The van der Waals surface area contributed by atoms with Crippen LogP contribution in [0, 0.1) is 0 Å². The van der Waals surface area contributed by atoms with E-state index >= 15 is 0 Å². The maximum atomic E-state index is 11.5. The van der Waals surface area contributed by atoms with Crippen molar-refractivity contribution in [2.75, 3.05) is 30.2 Å². The minimum Gasteiger partial charge on any atom is -0.251 e. The van der Waals surface area contributed by atoms with Crippen LogP contribution in [0.2, 0.25) is 0 Å². The van der Waals surface area contributed by atoms with E-state index in [-0.39, 0.29) is 6.67 Å². The van der Waals surface area contributed by atoms with Crippen molar-refractivity contribution in [2.45, 2.75) is 6.42 Å². The van der Waals surface area contributed by atoms with Gasteiger partial charge in [0.05, 0.1) is 6.67 Å². The van der Waals surface area contributed by atoms with Gasteiger partial charge in [-0.2, -0.15) is 23.5 Å². The number of alkyl halides is 1. The Labute approximate surface area is 65.0 Å². The first-order valence-corrected chi connectivity index (χ1v) is 5.59. The third-order valence-corrected chi connectivity index (χ3v) is 2.80. The summed E-state index contributed by atoms with van der Waals surface area (Å²) >= 11 is 3.69. The second kappa shape index (κ2) is 8.63. The predicted octanol–water partition coefficient (Wildman–Crippen LogP) is 2.44. The molecule has 0 aliphatic rings. The molecule has 0 nitrogen and oxygen atoms in total. The molecule has 0 heterocycles. The van der Waals surface area contributed by atoms with Crippen molar-refractivity contribution in [3.63, 3.8) is 0 Å². The first-order chi connectivity index (χ1) is 4.41. The molecule has 0 aromatic carbocycles. The Morgan fingerprint density at radius 3 is 2.56 bits per heavy atom. The highest BCUT2D eigenvalue weighted by molar-refractivity contribution is 8.02. The van der Waals surface area contributed by atoms with Gasteiger partial charge in [-0.1, -0.05) is 0 Å². The highest BCUT2D eigenvalue weighted by Gasteiger charge is 1.87. The van der Waals surface area contributed by atoms with Crippen LogP contribution in [-0.4, -0.2) is 30.2 Å². The van der Waals surface area contributed by atoms with Gasteiger partial charge in [-0.25, -0.2) is 0 Å². The number of hydrogen-bond donors (Lipinski definition) is 0. The molecule has 0 saturated heterocycles. The molecule has 0 aliphatic heterocycles. The summed E-state index contributed by atoms with van der Waals surface area (Å²) in [4.78, 5) is 0. The lowest BCUT2D eigenvalue weighted by atomic mass is 10.6. The van der Waals surface area contributed by atoms with Crippen molar-refractivity contribution in [3.8, 4) is 0 Å². The third kappa shape index (κ3) is 8.63. The van der Waals surface area contributed by atoms with Crippen molar-refractivity contribution >= 4 is 23.5 Å². The SMILES string of the molecule is CSCCSCCCF. The average Bonchev–Trinajstić information content (AvgIpc) is 1.89. The number of thioether (sulfide) groups is 2. The molecule has 56 valence electrons. The predicted molar refractivity (Wildman–Crippen MR) is 46.3 cm³/mol. The van der Waals surface area contributed by atoms with E-state index < -0.39 is 0 Å². The fourth-order valence-electron chi connectivity index (χ4n) is 0.401. The Balaban J connectivity index is 2.60. The molecular formula is C6H13FS2. The second-order valence-electron chi connectivity index (χ2n) is 1.65. The Bertz CT molecular complexity index is 44.3. The zero-order valence-corrected chi connectivity index (χ0v) is 7.36. The molecule has 0 atom stereocenters. The lowest BCUT2D eigenvalue weighted by molar-refractivity contribution is 0.489. The Hall–Kier alpha value is 0.630. The maximum Gasteiger partial charge on any atom is 0.0902 e. The van der Waals surface area contributed by atoms with Crippen LogP contribution in [0.3, 0.4) is 0 Å². The first kappa shape index (κ1) is 9.63. The Morgan fingerprint density at radius 1 is 1.22 bits per heavy atom. The normalized spacial score (nSPS) is 10.0. The van der Waals surface area contributed by atoms with Gasteiger partial charge < -0.3 is 0 Å². The molecule has 0 N–H and O–H groups in total. The van der Waals surface area contributed by atoms with E-state index in [4.69, 9.17) is 0 Å². The molecule has 0 bridgehead atoms. The van der Waals surface area contributed by atoms with E-state index in [1.807, 2.05) is 23.5 Å². The number of rotatable bonds is 6. The summed E-state index contributed by atoms with van der Waals surface area (Å²) in [6.45, 7) is -0.160. The molecule has 9 heavy (non-hydrogen) atoms. The minimum atomic E-state index is -0.160. The highest BCUT2D eigenvalue weighted by Crippen LogP contribution is 2.05. The zero-order valence-electron chi connectivity index (χ0n) is 5.73. The molecular weight excluding hydrogens is 155 g/mol. The van der Waals surface area contributed by atoms with Gasteiger partial charge in [0.1, 0.15) is 0 Å². The fourth-order valence-corrected chi connectivity index (χ4v) is 2.06. The average molecular weight is 168 g/mol. The molecule has 3 heteroatoms. The van der Waals surface area contributed by atoms with Crippen LogP contribution in [0.5, 0.6) is 0 Å². The van der Waals surface area contributed by atoms with Crippen LogP contribution in [0.25, 0.3) is 0 Å². The molecule has 0 saturated carbocycles. The van der Waals surface area contributed by atoms with Crippen molar-refractivity contribution < 1.29 is 4.39 Å². The van der Waals surface area contributed by atoms with Gasteiger partial charge in [0, 0.05) is 11.5 Å². The lowest BCUT2D eigenvalue weighted by Crippen LogP contribution is -1.86. The molecule has 0 fully saturated rings. The van der Waals surface area contributed by atoms with Gasteiger partial charge >= 0.3 is 0 Å². The lowest BCUT2D eigenvalue weighted by Gasteiger charge is -1.95. The Kier molecular flexibility index (Phi) is 9.23. The highest BCUT2D eigenvalue weighted by atomic mass is 32.2. The smallest absolute Gasteiger partial charge is 0.0902 e. The number of hydrogen-bond acceptors (Lipinski definition) is 2. The van der Waals surface area contributed by atoms with Crippen LogP contribution in [-0.2, 0) is 0 Å². The van der Waals surface area contributed by atoms with Crippen molar-refractivity contribution in [3.05, 3.63) is 0 Å². The van der Waals surface area contributed by atoms with Gasteiger partial charge in [0.2, 0.25) is 0 Å². The van der Waals surface area contributed by atoms with Crippen LogP contribution in [0.4, 0.5) is 4.39 Å². The van der Waals surface area contributed by atoms with Gasteiger partial charge in [-0.05, 0) is 18.4 Å². The Morgan fingerprint density at radius 2 is 2.00 bits per heavy atom. The molecule has 0 unspecified atom stereocenters. The monoisotopic (exact) mass is 168 g/mol. The van der Waals surface area contributed by atoms with E-state index in [1.54, 1.807) is 0 Å². The van der Waals surface area contributed by atoms with Gasteiger partial charge in [-0.15, -0.1) is 0 Å². The van der Waals surface area contributed by atoms with Crippen molar-refractivity contribution in [2.24, 2.45) is 0 Å². The summed E-state index contributed by atoms with van der Waals surface area (Å²) in [6, 6.07) is 0. The summed E-state index contributed by atoms with van der Waals surface area (Å²) in [5.74, 6) is 3.34. The third-order valence-electron chi connectivity index (χ3n) is 0.854. The molecule has 0 spiro atoms. The van der Waals surface area contributed by atoms with Crippen molar-refractivity contribution in [1.82, 2.24) is 0 Å². The van der Waals surface area contributed by atoms with Crippen LogP contribution in [0.15, 0.2) is 0 Å². The summed E-state index contributed by atoms with van der Waals surface area (Å²) in [5, 5.41) is 0. The topological polar surface area (TPSA) is 0 Å². The summed E-state index contributed by atoms with van der Waals surface area (Å²) in [7, 11) is 0.